The first-order chi connectivity index (χ1) is 6.86. The highest BCUT2D eigenvalue weighted by atomic mass is 35.5. The van der Waals surface area contributed by atoms with Crippen molar-refractivity contribution in [3.05, 3.63) is 34.3 Å². The summed E-state index contributed by atoms with van der Waals surface area (Å²) in [5.74, 6) is 0. The molecule has 1 aromatic carbocycles. The van der Waals surface area contributed by atoms with Gasteiger partial charge in [-0.15, -0.1) is 0 Å². The van der Waals surface area contributed by atoms with Crippen molar-refractivity contribution in [2.24, 2.45) is 5.16 Å². The lowest BCUT2D eigenvalue weighted by molar-refractivity contribution is -0.137. The van der Waals surface area contributed by atoms with Crippen molar-refractivity contribution in [3.63, 3.8) is 0 Å². The quantitative estimate of drug-likeness (QED) is 0.452. The zero-order chi connectivity index (χ0) is 11.6. The maximum atomic E-state index is 12.4. The molecule has 0 aliphatic rings. The van der Waals surface area contributed by atoms with E-state index < -0.39 is 11.7 Å². The molecular weight excluding hydrogens is 231 g/mol. The van der Waals surface area contributed by atoms with E-state index in [2.05, 4.69) is 5.16 Å². The van der Waals surface area contributed by atoms with Crippen molar-refractivity contribution in [2.75, 3.05) is 0 Å². The fourth-order valence-corrected chi connectivity index (χ4v) is 1.25. The van der Waals surface area contributed by atoms with Crippen molar-refractivity contribution in [1.82, 2.24) is 0 Å². The second-order valence-corrected chi connectivity index (χ2v) is 3.28. The van der Waals surface area contributed by atoms with Gasteiger partial charge in [-0.25, -0.2) is 0 Å². The molecule has 0 saturated carbocycles. The molecule has 0 aliphatic heterocycles. The van der Waals surface area contributed by atoms with Gasteiger partial charge in [0.05, 0.1) is 16.3 Å². The first-order valence-corrected chi connectivity index (χ1v) is 4.30. The molecule has 15 heavy (non-hydrogen) atoms. The van der Waals surface area contributed by atoms with E-state index in [0.717, 1.165) is 12.1 Å². The lowest BCUT2D eigenvalue weighted by atomic mass is 10.1. The first-order valence-electron chi connectivity index (χ1n) is 3.92. The average Bonchev–Trinajstić information content (AvgIpc) is 2.15. The maximum absolute atomic E-state index is 12.4. The van der Waals surface area contributed by atoms with E-state index in [9.17, 15) is 13.2 Å². The molecule has 82 valence electrons. The molecule has 0 radical (unpaired) electrons. The van der Waals surface area contributed by atoms with Crippen molar-refractivity contribution < 1.29 is 18.4 Å². The van der Waals surface area contributed by atoms with E-state index in [4.69, 9.17) is 16.8 Å². The van der Waals surface area contributed by atoms with Crippen LogP contribution in [-0.2, 0) is 6.18 Å². The average molecular weight is 238 g/mol. The van der Waals surface area contributed by atoms with Crippen molar-refractivity contribution in [2.45, 2.75) is 13.1 Å². The number of hydrogen-bond donors (Lipinski definition) is 1. The van der Waals surface area contributed by atoms with Gasteiger partial charge in [-0.05, 0) is 24.6 Å². The lowest BCUT2D eigenvalue weighted by Gasteiger charge is -2.10. The normalized spacial score (nSPS) is 13.0. The third kappa shape index (κ3) is 2.62. The molecule has 1 N–H and O–H groups in total. The van der Waals surface area contributed by atoms with Crippen LogP contribution in [0.1, 0.15) is 18.1 Å². The van der Waals surface area contributed by atoms with E-state index >= 15 is 0 Å². The van der Waals surface area contributed by atoms with Gasteiger partial charge in [0.1, 0.15) is 0 Å². The van der Waals surface area contributed by atoms with E-state index in [1.165, 1.54) is 13.0 Å². The summed E-state index contributed by atoms with van der Waals surface area (Å²) in [7, 11) is 0. The Balaban J connectivity index is 3.29. The highest BCUT2D eigenvalue weighted by molar-refractivity contribution is 6.31. The smallest absolute Gasteiger partial charge is 0.411 e. The number of hydrogen-bond acceptors (Lipinski definition) is 2. The molecule has 0 aliphatic carbocycles. The van der Waals surface area contributed by atoms with Gasteiger partial charge < -0.3 is 5.21 Å². The highest BCUT2D eigenvalue weighted by Gasteiger charge is 2.33. The van der Waals surface area contributed by atoms with Crippen molar-refractivity contribution in [1.29, 1.82) is 0 Å². The van der Waals surface area contributed by atoms with E-state index in [0.29, 0.717) is 0 Å². The summed E-state index contributed by atoms with van der Waals surface area (Å²) >= 11 is 5.41. The molecule has 0 fully saturated rings. The van der Waals surface area contributed by atoms with Crippen LogP contribution in [0.3, 0.4) is 0 Å². The molecule has 6 heteroatoms. The van der Waals surface area contributed by atoms with Crippen LogP contribution in [-0.4, -0.2) is 10.9 Å². The molecule has 0 amide bonds. The minimum absolute atomic E-state index is 0.0946. The van der Waals surface area contributed by atoms with Gasteiger partial charge in [0.25, 0.3) is 0 Å². The number of halogens is 4. The summed E-state index contributed by atoms with van der Waals surface area (Å²) in [5, 5.41) is 10.9. The monoisotopic (exact) mass is 237 g/mol. The van der Waals surface area contributed by atoms with E-state index in [1.807, 2.05) is 0 Å². The maximum Gasteiger partial charge on any atom is 0.417 e. The number of benzene rings is 1. The van der Waals surface area contributed by atoms with Crippen LogP contribution >= 0.6 is 11.6 Å². The Morgan fingerprint density at radius 1 is 1.40 bits per heavy atom. The molecule has 0 heterocycles. The van der Waals surface area contributed by atoms with Crippen LogP contribution in [0.2, 0.25) is 5.02 Å². The van der Waals surface area contributed by atoms with Gasteiger partial charge in [-0.2, -0.15) is 13.2 Å². The predicted octanol–water partition coefficient (Wildman–Crippen LogP) is 3.56. The minimum atomic E-state index is -4.51. The summed E-state index contributed by atoms with van der Waals surface area (Å²) in [6.07, 6.45) is -4.51. The van der Waals surface area contributed by atoms with Crippen LogP contribution < -0.4 is 0 Å². The summed E-state index contributed by atoms with van der Waals surface area (Å²) in [5.41, 5.74) is -0.670. The lowest BCUT2D eigenvalue weighted by Crippen LogP contribution is -2.07. The number of rotatable bonds is 1. The first kappa shape index (κ1) is 11.8. The fourth-order valence-electron chi connectivity index (χ4n) is 1.03. The molecular formula is C9H7ClF3NO. The Kier molecular flexibility index (Phi) is 3.24. The molecule has 1 aromatic rings. The number of alkyl halides is 3. The number of nitrogens with zero attached hydrogens (tertiary/aromatic N) is 1. The standard InChI is InChI=1S/C9H7ClF3NO/c1-5(14-15)6-2-3-8(10)7(4-6)9(11,12)13/h2-4,15H,1H3. The van der Waals surface area contributed by atoms with Crippen molar-refractivity contribution in [3.8, 4) is 0 Å². The second-order valence-electron chi connectivity index (χ2n) is 2.88. The molecule has 2 nitrogen and oxygen atoms in total. The van der Waals surface area contributed by atoms with Crippen molar-refractivity contribution >= 4 is 17.3 Å². The van der Waals surface area contributed by atoms with Gasteiger partial charge in [0.2, 0.25) is 0 Å². The van der Waals surface area contributed by atoms with Gasteiger partial charge in [-0.1, -0.05) is 22.8 Å². The Morgan fingerprint density at radius 3 is 2.47 bits per heavy atom. The summed E-state index contributed by atoms with van der Waals surface area (Å²) in [6.45, 7) is 1.39. The Bertz CT molecular complexity index is 401. The van der Waals surface area contributed by atoms with Gasteiger partial charge in [0.15, 0.2) is 0 Å². The molecule has 0 atom stereocenters. The zero-order valence-corrected chi connectivity index (χ0v) is 8.39. The Labute approximate surface area is 89.0 Å². The molecule has 0 saturated heterocycles. The van der Waals surface area contributed by atoms with E-state index in [-0.39, 0.29) is 16.3 Å². The van der Waals surface area contributed by atoms with Crippen LogP contribution in [0.4, 0.5) is 13.2 Å². The largest absolute Gasteiger partial charge is 0.417 e. The molecule has 0 spiro atoms. The number of oxime groups is 1. The van der Waals surface area contributed by atoms with Crippen LogP contribution in [0, 0.1) is 0 Å². The topological polar surface area (TPSA) is 32.6 Å². The third-order valence-electron chi connectivity index (χ3n) is 1.84. The second kappa shape index (κ2) is 4.10. The van der Waals surface area contributed by atoms with Crippen LogP contribution in [0.15, 0.2) is 23.4 Å². The van der Waals surface area contributed by atoms with Gasteiger partial charge in [0, 0.05) is 0 Å². The van der Waals surface area contributed by atoms with E-state index in [1.54, 1.807) is 0 Å². The Hall–Kier alpha value is -1.23. The zero-order valence-electron chi connectivity index (χ0n) is 7.64. The summed E-state index contributed by atoms with van der Waals surface area (Å²) in [6, 6.07) is 3.32. The summed E-state index contributed by atoms with van der Waals surface area (Å²) in [4.78, 5) is 0. The fraction of sp³-hybridized carbons (Fsp3) is 0.222. The van der Waals surface area contributed by atoms with Crippen LogP contribution in [0.5, 0.6) is 0 Å². The van der Waals surface area contributed by atoms with Gasteiger partial charge in [-0.3, -0.25) is 0 Å². The van der Waals surface area contributed by atoms with Gasteiger partial charge >= 0.3 is 6.18 Å². The minimum Gasteiger partial charge on any atom is -0.411 e. The molecule has 0 aromatic heterocycles. The summed E-state index contributed by atoms with van der Waals surface area (Å²) < 4.78 is 37.2. The third-order valence-corrected chi connectivity index (χ3v) is 2.17. The Morgan fingerprint density at radius 2 is 2.00 bits per heavy atom. The molecule has 0 bridgehead atoms. The predicted molar refractivity (Wildman–Crippen MR) is 50.5 cm³/mol. The highest BCUT2D eigenvalue weighted by Crippen LogP contribution is 2.35. The SMILES string of the molecule is CC(=NO)c1ccc(Cl)c(C(F)(F)F)c1. The molecule has 0 unspecified atom stereocenters. The van der Waals surface area contributed by atoms with Crippen LogP contribution in [0.25, 0.3) is 0 Å². The molecule has 1 rings (SSSR count).